The first-order valence-corrected chi connectivity index (χ1v) is 5.64. The van der Waals surface area contributed by atoms with Crippen LogP contribution in [-0.2, 0) is 10.3 Å². The fourth-order valence-electron chi connectivity index (χ4n) is 2.82. The lowest BCUT2D eigenvalue weighted by Crippen LogP contribution is -2.46. The molecule has 18 heavy (non-hydrogen) atoms. The van der Waals surface area contributed by atoms with Gasteiger partial charge in [-0.15, -0.1) is 0 Å². The Bertz CT molecular complexity index is 704. The maximum absolute atomic E-state index is 12.3. The van der Waals surface area contributed by atoms with Crippen molar-refractivity contribution in [2.24, 2.45) is 0 Å². The standard InChI is InChI=1S/C13H9N3O2/c17-11-7-5-14-6-9(7)13(16-11)8-3-1-2-4-10(8)15-12(13)18/h1-6,14H,(H,15,18)(H,16,17). The van der Waals surface area contributed by atoms with Crippen molar-refractivity contribution in [3.8, 4) is 0 Å². The van der Waals surface area contributed by atoms with E-state index >= 15 is 0 Å². The van der Waals surface area contributed by atoms with Crippen LogP contribution in [0.15, 0.2) is 36.7 Å². The van der Waals surface area contributed by atoms with E-state index in [-0.39, 0.29) is 11.8 Å². The number of aromatic nitrogens is 1. The highest BCUT2D eigenvalue weighted by molar-refractivity contribution is 6.16. The molecule has 0 saturated heterocycles. The minimum atomic E-state index is -1.07. The first-order chi connectivity index (χ1) is 8.73. The van der Waals surface area contributed by atoms with Crippen molar-refractivity contribution >= 4 is 17.5 Å². The van der Waals surface area contributed by atoms with Gasteiger partial charge < -0.3 is 15.6 Å². The number of aromatic amines is 1. The number of rotatable bonds is 0. The Kier molecular flexibility index (Phi) is 1.48. The Hall–Kier alpha value is -2.56. The number of benzene rings is 1. The molecule has 3 heterocycles. The molecule has 5 nitrogen and oxygen atoms in total. The third-order valence-corrected chi connectivity index (χ3v) is 3.62. The molecule has 88 valence electrons. The number of carbonyl (C=O) groups is 2. The number of carbonyl (C=O) groups excluding carboxylic acids is 2. The van der Waals surface area contributed by atoms with Crippen LogP contribution in [0.4, 0.5) is 5.69 Å². The van der Waals surface area contributed by atoms with Crippen molar-refractivity contribution in [3.63, 3.8) is 0 Å². The molecule has 0 saturated carbocycles. The molecule has 1 spiro atoms. The van der Waals surface area contributed by atoms with Crippen LogP contribution in [0.1, 0.15) is 21.5 Å². The average Bonchev–Trinajstić information content (AvgIpc) is 3.00. The molecular formula is C13H9N3O2. The highest BCUT2D eigenvalue weighted by Gasteiger charge is 2.55. The summed E-state index contributed by atoms with van der Waals surface area (Å²) >= 11 is 0. The summed E-state index contributed by atoms with van der Waals surface area (Å²) in [6, 6.07) is 7.40. The molecule has 2 aromatic rings. The lowest BCUT2D eigenvalue weighted by atomic mass is 9.86. The zero-order chi connectivity index (χ0) is 12.3. The van der Waals surface area contributed by atoms with Crippen LogP contribution in [0.3, 0.4) is 0 Å². The highest BCUT2D eigenvalue weighted by atomic mass is 16.2. The van der Waals surface area contributed by atoms with E-state index in [2.05, 4.69) is 15.6 Å². The molecule has 2 amide bonds. The second-order valence-electron chi connectivity index (χ2n) is 4.49. The van der Waals surface area contributed by atoms with E-state index in [4.69, 9.17) is 0 Å². The second-order valence-corrected chi connectivity index (χ2v) is 4.49. The van der Waals surface area contributed by atoms with E-state index in [1.807, 2.05) is 24.3 Å². The van der Waals surface area contributed by atoms with Crippen LogP contribution in [-0.4, -0.2) is 16.8 Å². The molecular weight excluding hydrogens is 230 g/mol. The highest BCUT2D eigenvalue weighted by Crippen LogP contribution is 2.44. The molecule has 0 fully saturated rings. The number of fused-ring (bicyclic) bond motifs is 4. The quantitative estimate of drug-likeness (QED) is 0.640. The predicted molar refractivity (Wildman–Crippen MR) is 64.1 cm³/mol. The topological polar surface area (TPSA) is 74.0 Å². The molecule has 0 bridgehead atoms. The van der Waals surface area contributed by atoms with Gasteiger partial charge >= 0.3 is 0 Å². The Labute approximate surface area is 102 Å². The van der Waals surface area contributed by atoms with Crippen LogP contribution >= 0.6 is 0 Å². The number of hydrogen-bond acceptors (Lipinski definition) is 2. The third-order valence-electron chi connectivity index (χ3n) is 3.62. The van der Waals surface area contributed by atoms with Crippen molar-refractivity contribution in [1.29, 1.82) is 0 Å². The van der Waals surface area contributed by atoms with Gasteiger partial charge in [0.25, 0.3) is 11.8 Å². The lowest BCUT2D eigenvalue weighted by Gasteiger charge is -2.22. The summed E-state index contributed by atoms with van der Waals surface area (Å²) in [6.07, 6.45) is 3.32. The molecule has 0 radical (unpaired) electrons. The summed E-state index contributed by atoms with van der Waals surface area (Å²) in [7, 11) is 0. The van der Waals surface area contributed by atoms with Crippen LogP contribution in [0.5, 0.6) is 0 Å². The van der Waals surface area contributed by atoms with Gasteiger partial charge in [-0.2, -0.15) is 0 Å². The lowest BCUT2D eigenvalue weighted by molar-refractivity contribution is -0.120. The van der Waals surface area contributed by atoms with E-state index in [1.165, 1.54) is 0 Å². The second kappa shape index (κ2) is 2.81. The molecule has 1 atom stereocenters. The molecule has 5 heteroatoms. The number of H-pyrrole nitrogens is 1. The number of para-hydroxylation sites is 1. The molecule has 0 aliphatic carbocycles. The molecule has 1 aromatic carbocycles. The van der Waals surface area contributed by atoms with Crippen LogP contribution in [0.2, 0.25) is 0 Å². The molecule has 2 aliphatic rings. The summed E-state index contributed by atoms with van der Waals surface area (Å²) in [5.41, 5.74) is 1.69. The van der Waals surface area contributed by atoms with Crippen molar-refractivity contribution in [2.45, 2.75) is 5.54 Å². The molecule has 1 aromatic heterocycles. The Balaban J connectivity index is 2.07. The summed E-state index contributed by atoms with van der Waals surface area (Å²) in [4.78, 5) is 27.1. The third kappa shape index (κ3) is 0.851. The molecule has 3 N–H and O–H groups in total. The summed E-state index contributed by atoms with van der Waals surface area (Å²) in [5.74, 6) is -0.437. The molecule has 1 unspecified atom stereocenters. The van der Waals surface area contributed by atoms with Crippen molar-refractivity contribution < 1.29 is 9.59 Å². The Morgan fingerprint density at radius 2 is 1.83 bits per heavy atom. The average molecular weight is 239 g/mol. The van der Waals surface area contributed by atoms with E-state index in [9.17, 15) is 9.59 Å². The van der Waals surface area contributed by atoms with Gasteiger partial charge in [-0.3, -0.25) is 9.59 Å². The minimum absolute atomic E-state index is 0.213. The van der Waals surface area contributed by atoms with E-state index < -0.39 is 5.54 Å². The van der Waals surface area contributed by atoms with Crippen molar-refractivity contribution in [1.82, 2.24) is 10.3 Å². The molecule has 4 rings (SSSR count). The zero-order valence-electron chi connectivity index (χ0n) is 9.28. The van der Waals surface area contributed by atoms with Crippen LogP contribution in [0, 0.1) is 0 Å². The minimum Gasteiger partial charge on any atom is -0.366 e. The summed E-state index contributed by atoms with van der Waals surface area (Å²) < 4.78 is 0. The first-order valence-electron chi connectivity index (χ1n) is 5.64. The maximum atomic E-state index is 12.3. The fourth-order valence-corrected chi connectivity index (χ4v) is 2.82. The van der Waals surface area contributed by atoms with Gasteiger partial charge in [-0.25, -0.2) is 0 Å². The van der Waals surface area contributed by atoms with Crippen molar-refractivity contribution in [2.75, 3.05) is 5.32 Å². The van der Waals surface area contributed by atoms with Gasteiger partial charge in [-0.05, 0) is 6.07 Å². The smallest absolute Gasteiger partial charge is 0.259 e. The monoisotopic (exact) mass is 239 g/mol. The number of anilines is 1. The van der Waals surface area contributed by atoms with Gasteiger partial charge in [-0.1, -0.05) is 18.2 Å². The van der Waals surface area contributed by atoms with Gasteiger partial charge in [0.1, 0.15) is 0 Å². The van der Waals surface area contributed by atoms with Gasteiger partial charge in [0, 0.05) is 29.2 Å². The van der Waals surface area contributed by atoms with E-state index in [0.717, 1.165) is 11.3 Å². The Morgan fingerprint density at radius 1 is 1.00 bits per heavy atom. The van der Waals surface area contributed by atoms with Gasteiger partial charge in [0.05, 0.1) is 5.56 Å². The Morgan fingerprint density at radius 3 is 2.72 bits per heavy atom. The number of hydrogen-bond donors (Lipinski definition) is 3. The largest absolute Gasteiger partial charge is 0.366 e. The first kappa shape index (κ1) is 9.47. The number of amides is 2. The van der Waals surface area contributed by atoms with E-state index in [0.29, 0.717) is 11.1 Å². The SMILES string of the molecule is O=C1NC2(C(=O)Nc3ccccc32)c2c[nH]cc21. The molecule has 2 aliphatic heterocycles. The van der Waals surface area contributed by atoms with Gasteiger partial charge in [0.15, 0.2) is 5.54 Å². The normalized spacial score (nSPS) is 23.8. The van der Waals surface area contributed by atoms with Crippen molar-refractivity contribution in [3.05, 3.63) is 53.3 Å². The van der Waals surface area contributed by atoms with Crippen LogP contribution < -0.4 is 10.6 Å². The van der Waals surface area contributed by atoms with Gasteiger partial charge in [0.2, 0.25) is 0 Å². The maximum Gasteiger partial charge on any atom is 0.259 e. The van der Waals surface area contributed by atoms with Crippen LogP contribution in [0.25, 0.3) is 0 Å². The predicted octanol–water partition coefficient (Wildman–Crippen LogP) is 0.954. The summed E-state index contributed by atoms with van der Waals surface area (Å²) in [5, 5.41) is 5.62. The fraction of sp³-hybridized carbons (Fsp3) is 0.0769. The summed E-state index contributed by atoms with van der Waals surface area (Å²) in [6.45, 7) is 0. The van der Waals surface area contributed by atoms with E-state index in [1.54, 1.807) is 12.4 Å². The zero-order valence-corrected chi connectivity index (χ0v) is 9.28. The number of nitrogens with one attached hydrogen (secondary N) is 3.